The van der Waals surface area contributed by atoms with Crippen molar-refractivity contribution in [2.45, 2.75) is 24.0 Å². The number of benzene rings is 2. The molecule has 3 rings (SSSR count). The fourth-order valence-corrected chi connectivity index (χ4v) is 3.32. The summed E-state index contributed by atoms with van der Waals surface area (Å²) >= 11 is 0. The quantitative estimate of drug-likeness (QED) is 0.752. The highest BCUT2D eigenvalue weighted by atomic mass is 32.2. The van der Waals surface area contributed by atoms with E-state index in [-0.39, 0.29) is 11.5 Å². The Morgan fingerprint density at radius 2 is 1.77 bits per heavy atom. The molecular weight excluding hydrogens is 354 g/mol. The molecule has 6 nitrogen and oxygen atoms in total. The number of sulfone groups is 1. The molecule has 1 heterocycles. The average Bonchev–Trinajstić information content (AvgIpc) is 3.07. The van der Waals surface area contributed by atoms with Gasteiger partial charge in [-0.3, -0.25) is 0 Å². The summed E-state index contributed by atoms with van der Waals surface area (Å²) in [5, 5.41) is 0. The van der Waals surface area contributed by atoms with Gasteiger partial charge in [0, 0.05) is 11.8 Å². The molecule has 0 spiro atoms. The van der Waals surface area contributed by atoms with Crippen LogP contribution in [0.3, 0.4) is 0 Å². The maximum Gasteiger partial charge on any atom is 0.335 e. The van der Waals surface area contributed by atoms with Gasteiger partial charge in [-0.15, -0.1) is 0 Å². The van der Waals surface area contributed by atoms with Gasteiger partial charge in [0.2, 0.25) is 5.90 Å². The molecule has 1 aliphatic heterocycles. The molecule has 0 amide bonds. The van der Waals surface area contributed by atoms with Crippen LogP contribution in [0, 0.1) is 0 Å². The summed E-state index contributed by atoms with van der Waals surface area (Å²) in [5.41, 5.74) is 1.42. The number of ether oxygens (including phenoxy) is 2. The molecule has 136 valence electrons. The molecule has 0 fully saturated rings. The summed E-state index contributed by atoms with van der Waals surface area (Å²) in [4.78, 5) is 16.9. The van der Waals surface area contributed by atoms with Gasteiger partial charge >= 0.3 is 5.97 Å². The van der Waals surface area contributed by atoms with E-state index >= 15 is 0 Å². The fourth-order valence-electron chi connectivity index (χ4n) is 2.69. The number of carbonyl (C=O) groups is 1. The Kier molecular flexibility index (Phi) is 5.08. The van der Waals surface area contributed by atoms with Crippen molar-refractivity contribution in [1.29, 1.82) is 0 Å². The minimum Gasteiger partial charge on any atom is -0.466 e. The smallest absolute Gasteiger partial charge is 0.335 e. The third-order valence-corrected chi connectivity index (χ3v) is 5.10. The van der Waals surface area contributed by atoms with Gasteiger partial charge in [0.15, 0.2) is 22.0 Å². The molecule has 0 saturated carbocycles. The summed E-state index contributed by atoms with van der Waals surface area (Å²) in [6.45, 7) is 1.97. The first kappa shape index (κ1) is 18.1. The van der Waals surface area contributed by atoms with E-state index in [1.165, 1.54) is 12.1 Å². The molecule has 26 heavy (non-hydrogen) atoms. The Morgan fingerprint density at radius 3 is 2.35 bits per heavy atom. The van der Waals surface area contributed by atoms with E-state index in [1.54, 1.807) is 19.1 Å². The molecule has 2 atom stereocenters. The van der Waals surface area contributed by atoms with Crippen molar-refractivity contribution in [3.8, 4) is 0 Å². The lowest BCUT2D eigenvalue weighted by Gasteiger charge is -2.17. The van der Waals surface area contributed by atoms with Crippen molar-refractivity contribution < 1.29 is 22.7 Å². The Bertz CT molecular complexity index is 920. The highest BCUT2D eigenvalue weighted by molar-refractivity contribution is 7.90. The number of rotatable bonds is 5. The first-order chi connectivity index (χ1) is 12.4. The molecule has 0 saturated heterocycles. The minimum atomic E-state index is -3.30. The molecule has 0 aliphatic carbocycles. The Balaban J connectivity index is 1.93. The summed E-state index contributed by atoms with van der Waals surface area (Å²) in [7, 11) is -3.30. The SMILES string of the molecule is CCOC(=O)[C@H]1N=C(c2ccccc2)OC1c1ccc(S(C)(=O)=O)cc1. The van der Waals surface area contributed by atoms with Crippen molar-refractivity contribution in [3.63, 3.8) is 0 Å². The van der Waals surface area contributed by atoms with Crippen LogP contribution in [0.4, 0.5) is 0 Å². The minimum absolute atomic E-state index is 0.205. The molecule has 0 aromatic heterocycles. The van der Waals surface area contributed by atoms with Gasteiger partial charge in [0.25, 0.3) is 0 Å². The molecule has 2 aromatic rings. The van der Waals surface area contributed by atoms with Crippen molar-refractivity contribution in [2.75, 3.05) is 12.9 Å². The Labute approximate surface area is 152 Å². The number of esters is 1. The predicted molar refractivity (Wildman–Crippen MR) is 96.8 cm³/mol. The van der Waals surface area contributed by atoms with Crippen LogP contribution in [0.2, 0.25) is 0 Å². The monoisotopic (exact) mass is 373 g/mol. The number of hydrogen-bond donors (Lipinski definition) is 0. The van der Waals surface area contributed by atoms with E-state index in [0.29, 0.717) is 11.5 Å². The van der Waals surface area contributed by atoms with Gasteiger partial charge in [-0.1, -0.05) is 30.3 Å². The molecule has 1 unspecified atom stereocenters. The van der Waals surface area contributed by atoms with Crippen molar-refractivity contribution in [3.05, 3.63) is 65.7 Å². The van der Waals surface area contributed by atoms with Crippen molar-refractivity contribution >= 4 is 21.7 Å². The van der Waals surface area contributed by atoms with E-state index in [4.69, 9.17) is 9.47 Å². The molecular formula is C19H19NO5S. The van der Waals surface area contributed by atoms with Crippen LogP contribution < -0.4 is 0 Å². The average molecular weight is 373 g/mol. The number of carbonyl (C=O) groups excluding carboxylic acids is 1. The highest BCUT2D eigenvalue weighted by Crippen LogP contribution is 2.32. The lowest BCUT2D eigenvalue weighted by molar-refractivity contribution is -0.146. The van der Waals surface area contributed by atoms with Gasteiger partial charge in [-0.25, -0.2) is 18.2 Å². The maximum absolute atomic E-state index is 12.3. The largest absolute Gasteiger partial charge is 0.466 e. The Hall–Kier alpha value is -2.67. The van der Waals surface area contributed by atoms with Gasteiger partial charge in [0.1, 0.15) is 0 Å². The zero-order valence-electron chi connectivity index (χ0n) is 14.5. The van der Waals surface area contributed by atoms with Crippen LogP contribution in [-0.4, -0.2) is 39.2 Å². The molecule has 0 radical (unpaired) electrons. The highest BCUT2D eigenvalue weighted by Gasteiger charge is 2.39. The van der Waals surface area contributed by atoms with Crippen molar-refractivity contribution in [1.82, 2.24) is 0 Å². The second-order valence-electron chi connectivity index (χ2n) is 5.88. The molecule has 7 heteroatoms. The summed E-state index contributed by atoms with van der Waals surface area (Å²) in [5.74, 6) is -0.114. The molecule has 2 aromatic carbocycles. The van der Waals surface area contributed by atoms with Crippen LogP contribution in [0.25, 0.3) is 0 Å². The number of nitrogens with zero attached hydrogens (tertiary/aromatic N) is 1. The maximum atomic E-state index is 12.3. The molecule has 0 N–H and O–H groups in total. The summed E-state index contributed by atoms with van der Waals surface area (Å²) < 4.78 is 34.3. The van der Waals surface area contributed by atoms with E-state index in [1.807, 2.05) is 30.3 Å². The van der Waals surface area contributed by atoms with Crippen LogP contribution in [0.1, 0.15) is 24.2 Å². The van der Waals surface area contributed by atoms with Crippen LogP contribution in [0.5, 0.6) is 0 Å². The lowest BCUT2D eigenvalue weighted by atomic mass is 10.0. The van der Waals surface area contributed by atoms with Gasteiger partial charge < -0.3 is 9.47 Å². The first-order valence-corrected chi connectivity index (χ1v) is 10.1. The van der Waals surface area contributed by atoms with Crippen LogP contribution >= 0.6 is 0 Å². The Morgan fingerprint density at radius 1 is 1.12 bits per heavy atom. The van der Waals surface area contributed by atoms with Gasteiger partial charge in [-0.2, -0.15) is 0 Å². The van der Waals surface area contributed by atoms with Crippen LogP contribution in [0.15, 0.2) is 64.5 Å². The first-order valence-electron chi connectivity index (χ1n) is 8.16. The fraction of sp³-hybridized carbons (Fsp3) is 0.263. The summed E-state index contributed by atoms with van der Waals surface area (Å²) in [6.07, 6.45) is 0.476. The third-order valence-electron chi connectivity index (χ3n) is 3.97. The third kappa shape index (κ3) is 3.77. The lowest BCUT2D eigenvalue weighted by Crippen LogP contribution is -2.26. The van der Waals surface area contributed by atoms with Gasteiger partial charge in [-0.05, 0) is 36.8 Å². The second-order valence-corrected chi connectivity index (χ2v) is 7.89. The standard InChI is InChI=1S/C19H19NO5S/c1-3-24-19(21)16-17(13-9-11-15(12-10-13)26(2,22)23)25-18(20-16)14-7-5-4-6-8-14/h4-12,16-17H,3H2,1-2H3/t16-,17?/m0/s1. The zero-order chi connectivity index (χ0) is 18.7. The van der Waals surface area contributed by atoms with E-state index in [9.17, 15) is 13.2 Å². The topological polar surface area (TPSA) is 82.0 Å². The van der Waals surface area contributed by atoms with Gasteiger partial charge in [0.05, 0.1) is 11.5 Å². The summed E-state index contributed by atoms with van der Waals surface area (Å²) in [6, 6.07) is 14.7. The van der Waals surface area contributed by atoms with Crippen LogP contribution in [-0.2, 0) is 24.1 Å². The molecule has 1 aliphatic rings. The second kappa shape index (κ2) is 7.29. The number of aliphatic imine (C=N–C) groups is 1. The van der Waals surface area contributed by atoms with E-state index in [2.05, 4.69) is 4.99 Å². The predicted octanol–water partition coefficient (Wildman–Crippen LogP) is 2.54. The van der Waals surface area contributed by atoms with Crippen molar-refractivity contribution in [2.24, 2.45) is 4.99 Å². The molecule has 0 bridgehead atoms. The zero-order valence-corrected chi connectivity index (χ0v) is 15.3. The van der Waals surface area contributed by atoms with E-state index in [0.717, 1.165) is 11.8 Å². The van der Waals surface area contributed by atoms with E-state index < -0.39 is 28.0 Å². The normalized spacial score (nSPS) is 19.5. The number of hydrogen-bond acceptors (Lipinski definition) is 6.